The van der Waals surface area contributed by atoms with E-state index in [1.807, 2.05) is 24.3 Å². The Bertz CT molecular complexity index is 639. The van der Waals surface area contributed by atoms with E-state index in [-0.39, 0.29) is 0 Å². The van der Waals surface area contributed by atoms with Crippen LogP contribution in [0, 0.1) is 0 Å². The fourth-order valence-electron chi connectivity index (χ4n) is 2.18. The molecule has 0 amide bonds. The zero-order valence-corrected chi connectivity index (χ0v) is 12.8. The predicted molar refractivity (Wildman–Crippen MR) is 85.9 cm³/mol. The molecule has 0 fully saturated rings. The van der Waals surface area contributed by atoms with Crippen molar-refractivity contribution in [1.29, 1.82) is 0 Å². The molecule has 0 saturated heterocycles. The van der Waals surface area contributed by atoms with Gasteiger partial charge in [0.15, 0.2) is 5.54 Å². The molecule has 0 bridgehead atoms. The number of halogens is 1. The highest BCUT2D eigenvalue weighted by Crippen LogP contribution is 2.28. The van der Waals surface area contributed by atoms with E-state index in [1.54, 1.807) is 31.2 Å². The third kappa shape index (κ3) is 3.37. The second-order valence-electron chi connectivity index (χ2n) is 5.12. The topological polar surface area (TPSA) is 49.3 Å². The average Bonchev–Trinajstić information content (AvgIpc) is 2.47. The summed E-state index contributed by atoms with van der Waals surface area (Å²) in [5.74, 6) is -0.938. The number of carboxylic acids is 1. The first-order chi connectivity index (χ1) is 9.95. The van der Waals surface area contributed by atoms with Gasteiger partial charge in [-0.05, 0) is 42.7 Å². The van der Waals surface area contributed by atoms with Crippen molar-refractivity contribution in [3.8, 4) is 0 Å². The summed E-state index contributed by atoms with van der Waals surface area (Å²) in [5, 5.41) is 13.3. The van der Waals surface area contributed by atoms with E-state index in [4.69, 9.17) is 11.6 Å². The van der Waals surface area contributed by atoms with Gasteiger partial charge in [-0.2, -0.15) is 0 Å². The summed E-state index contributed by atoms with van der Waals surface area (Å²) in [6, 6.07) is 14.7. The Balaban J connectivity index is 2.37. The first kappa shape index (κ1) is 15.4. The van der Waals surface area contributed by atoms with E-state index >= 15 is 0 Å². The lowest BCUT2D eigenvalue weighted by Crippen LogP contribution is -2.40. The molecule has 0 aromatic heterocycles. The van der Waals surface area contributed by atoms with Crippen molar-refractivity contribution in [2.75, 3.05) is 5.32 Å². The van der Waals surface area contributed by atoms with Gasteiger partial charge in [0.05, 0.1) is 0 Å². The molecule has 2 aromatic carbocycles. The number of carbonyl (C=O) groups is 1. The lowest BCUT2D eigenvalue weighted by atomic mass is 9.90. The molecule has 0 aliphatic rings. The summed E-state index contributed by atoms with van der Waals surface area (Å²) in [6.07, 6.45) is 0.922. The van der Waals surface area contributed by atoms with Gasteiger partial charge in [0.2, 0.25) is 0 Å². The molecule has 4 heteroatoms. The van der Waals surface area contributed by atoms with Crippen LogP contribution in [0.2, 0.25) is 5.02 Å². The van der Waals surface area contributed by atoms with Crippen molar-refractivity contribution in [3.05, 3.63) is 64.7 Å². The first-order valence-electron chi connectivity index (χ1n) is 6.82. The molecule has 21 heavy (non-hydrogen) atoms. The highest BCUT2D eigenvalue weighted by Gasteiger charge is 2.35. The van der Waals surface area contributed by atoms with Crippen LogP contribution in [-0.4, -0.2) is 11.1 Å². The number of anilines is 1. The molecule has 0 aliphatic heterocycles. The molecule has 0 radical (unpaired) electrons. The minimum absolute atomic E-state index is 0.564. The van der Waals surface area contributed by atoms with Crippen LogP contribution in [0.5, 0.6) is 0 Å². The Morgan fingerprint density at radius 3 is 2.43 bits per heavy atom. The van der Waals surface area contributed by atoms with Gasteiger partial charge in [0.1, 0.15) is 0 Å². The van der Waals surface area contributed by atoms with Crippen LogP contribution in [0.25, 0.3) is 0 Å². The Morgan fingerprint density at radius 1 is 1.24 bits per heavy atom. The van der Waals surface area contributed by atoms with E-state index in [2.05, 4.69) is 12.2 Å². The maximum Gasteiger partial charge on any atom is 0.333 e. The number of hydrogen-bond donors (Lipinski definition) is 2. The summed E-state index contributed by atoms with van der Waals surface area (Å²) in [7, 11) is 0. The number of aliphatic carboxylic acids is 1. The van der Waals surface area contributed by atoms with Crippen molar-refractivity contribution >= 4 is 23.3 Å². The normalized spacial score (nSPS) is 13.5. The van der Waals surface area contributed by atoms with Crippen LogP contribution >= 0.6 is 11.6 Å². The molecule has 2 aromatic rings. The number of aryl methyl sites for hydroxylation is 1. The average molecular weight is 304 g/mol. The van der Waals surface area contributed by atoms with Gasteiger partial charge in [-0.15, -0.1) is 0 Å². The number of nitrogens with one attached hydrogen (secondary N) is 1. The van der Waals surface area contributed by atoms with Gasteiger partial charge in [0.25, 0.3) is 0 Å². The Kier molecular flexibility index (Phi) is 4.53. The van der Waals surface area contributed by atoms with Crippen molar-refractivity contribution in [3.63, 3.8) is 0 Å². The highest BCUT2D eigenvalue weighted by atomic mass is 35.5. The summed E-state index contributed by atoms with van der Waals surface area (Å²) in [6.45, 7) is 3.72. The maximum absolute atomic E-state index is 11.8. The molecule has 0 aliphatic carbocycles. The van der Waals surface area contributed by atoms with Crippen molar-refractivity contribution < 1.29 is 9.90 Å². The van der Waals surface area contributed by atoms with E-state index in [9.17, 15) is 9.90 Å². The Morgan fingerprint density at radius 2 is 1.90 bits per heavy atom. The third-order valence-electron chi connectivity index (χ3n) is 3.59. The molecule has 2 N–H and O–H groups in total. The summed E-state index contributed by atoms with van der Waals surface area (Å²) < 4.78 is 0. The third-order valence-corrected chi connectivity index (χ3v) is 3.82. The molecular formula is C17H18ClNO2. The lowest BCUT2D eigenvalue weighted by Gasteiger charge is -2.28. The molecule has 0 saturated carbocycles. The van der Waals surface area contributed by atoms with Crippen LogP contribution in [0.3, 0.4) is 0 Å². The monoisotopic (exact) mass is 303 g/mol. The van der Waals surface area contributed by atoms with Crippen molar-refractivity contribution in [1.82, 2.24) is 0 Å². The molecule has 0 spiro atoms. The SMILES string of the molecule is CCc1ccc(C(C)(Nc2cccc(Cl)c2)C(=O)O)cc1. The number of rotatable bonds is 5. The molecular weight excluding hydrogens is 286 g/mol. The summed E-state index contributed by atoms with van der Waals surface area (Å²) >= 11 is 5.95. The fraction of sp³-hybridized carbons (Fsp3) is 0.235. The predicted octanol–water partition coefficient (Wildman–Crippen LogP) is 4.31. The maximum atomic E-state index is 11.8. The molecule has 1 unspecified atom stereocenters. The number of carboxylic acid groups (broad SMARTS) is 1. The van der Waals surface area contributed by atoms with E-state index in [1.165, 1.54) is 5.56 Å². The fourth-order valence-corrected chi connectivity index (χ4v) is 2.37. The van der Waals surface area contributed by atoms with Crippen LogP contribution in [0.1, 0.15) is 25.0 Å². The second kappa shape index (κ2) is 6.19. The summed E-state index contributed by atoms with van der Waals surface area (Å²) in [5.41, 5.74) is 1.34. The van der Waals surface area contributed by atoms with Crippen LogP contribution in [-0.2, 0) is 16.8 Å². The molecule has 2 rings (SSSR count). The van der Waals surface area contributed by atoms with E-state index < -0.39 is 11.5 Å². The first-order valence-corrected chi connectivity index (χ1v) is 7.20. The molecule has 0 heterocycles. The quantitative estimate of drug-likeness (QED) is 0.865. The lowest BCUT2D eigenvalue weighted by molar-refractivity contribution is -0.142. The smallest absolute Gasteiger partial charge is 0.333 e. The molecule has 1 atom stereocenters. The van der Waals surface area contributed by atoms with Crippen LogP contribution < -0.4 is 5.32 Å². The zero-order chi connectivity index (χ0) is 15.5. The molecule has 110 valence electrons. The zero-order valence-electron chi connectivity index (χ0n) is 12.1. The second-order valence-corrected chi connectivity index (χ2v) is 5.55. The van der Waals surface area contributed by atoms with Gasteiger partial charge in [-0.3, -0.25) is 0 Å². The molecule has 3 nitrogen and oxygen atoms in total. The Hall–Kier alpha value is -2.00. The van der Waals surface area contributed by atoms with Crippen molar-refractivity contribution in [2.24, 2.45) is 0 Å². The van der Waals surface area contributed by atoms with Crippen LogP contribution in [0.4, 0.5) is 5.69 Å². The Labute approximate surface area is 129 Å². The highest BCUT2D eigenvalue weighted by molar-refractivity contribution is 6.30. The minimum Gasteiger partial charge on any atom is -0.479 e. The standard InChI is InChI=1S/C17H18ClNO2/c1-3-12-7-9-13(10-8-12)17(2,16(20)21)19-15-6-4-5-14(18)11-15/h4-11,19H,3H2,1-2H3,(H,20,21). The van der Waals surface area contributed by atoms with E-state index in [0.29, 0.717) is 16.3 Å². The van der Waals surface area contributed by atoms with Gasteiger partial charge in [-0.25, -0.2) is 4.79 Å². The van der Waals surface area contributed by atoms with Crippen molar-refractivity contribution in [2.45, 2.75) is 25.8 Å². The minimum atomic E-state index is -1.21. The van der Waals surface area contributed by atoms with Gasteiger partial charge < -0.3 is 10.4 Å². The van der Waals surface area contributed by atoms with Gasteiger partial charge in [0, 0.05) is 10.7 Å². The van der Waals surface area contributed by atoms with E-state index in [0.717, 1.165) is 6.42 Å². The van der Waals surface area contributed by atoms with Gasteiger partial charge >= 0.3 is 5.97 Å². The summed E-state index contributed by atoms with van der Waals surface area (Å²) in [4.78, 5) is 11.8. The number of benzene rings is 2. The largest absolute Gasteiger partial charge is 0.479 e. The van der Waals surface area contributed by atoms with Gasteiger partial charge in [-0.1, -0.05) is 48.9 Å². The van der Waals surface area contributed by atoms with Crippen LogP contribution in [0.15, 0.2) is 48.5 Å². The number of hydrogen-bond acceptors (Lipinski definition) is 2.